The summed E-state index contributed by atoms with van der Waals surface area (Å²) in [5.74, 6) is 0.123. The molecule has 0 unspecified atom stereocenters. The van der Waals surface area contributed by atoms with Crippen molar-refractivity contribution in [1.82, 2.24) is 5.32 Å². The van der Waals surface area contributed by atoms with Gasteiger partial charge in [0.05, 0.1) is 12.7 Å². The summed E-state index contributed by atoms with van der Waals surface area (Å²) in [5, 5.41) is 12.3. The highest BCUT2D eigenvalue weighted by atomic mass is 16.5. The van der Waals surface area contributed by atoms with Gasteiger partial charge in [0.15, 0.2) is 0 Å². The molecule has 0 radical (unpaired) electrons. The number of phenols is 1. The number of phenolic OH excluding ortho intramolecular Hbond substituents is 1. The molecule has 1 rings (SSSR count). The van der Waals surface area contributed by atoms with Crippen LogP contribution in [0.1, 0.15) is 16.8 Å². The van der Waals surface area contributed by atoms with Gasteiger partial charge in [0.25, 0.3) is 5.91 Å². The Balaban J connectivity index is 2.72. The predicted molar refractivity (Wildman–Crippen MR) is 61.8 cm³/mol. The lowest BCUT2D eigenvalue weighted by Gasteiger charge is -2.07. The summed E-state index contributed by atoms with van der Waals surface area (Å²) >= 11 is 0. The highest BCUT2D eigenvalue weighted by Crippen LogP contribution is 2.23. The largest absolute Gasteiger partial charge is 0.507 e. The van der Waals surface area contributed by atoms with Gasteiger partial charge >= 0.3 is 0 Å². The molecule has 0 fully saturated rings. The summed E-state index contributed by atoms with van der Waals surface area (Å²) in [6.07, 6.45) is 2.41. The van der Waals surface area contributed by atoms with Gasteiger partial charge < -0.3 is 15.2 Å². The molecular formula is C12H15NO3. The van der Waals surface area contributed by atoms with E-state index in [1.807, 2.05) is 0 Å². The first-order valence-electron chi connectivity index (χ1n) is 4.95. The number of nitrogens with one attached hydrogen (secondary N) is 1. The maximum Gasteiger partial charge on any atom is 0.255 e. The van der Waals surface area contributed by atoms with E-state index in [-0.39, 0.29) is 17.2 Å². The van der Waals surface area contributed by atoms with E-state index in [4.69, 9.17) is 4.74 Å². The third-order valence-electron chi connectivity index (χ3n) is 2.08. The van der Waals surface area contributed by atoms with Crippen LogP contribution in [0.2, 0.25) is 0 Å². The molecule has 1 aromatic carbocycles. The van der Waals surface area contributed by atoms with Crippen molar-refractivity contribution in [2.75, 3.05) is 13.7 Å². The van der Waals surface area contributed by atoms with Crippen LogP contribution in [0.15, 0.2) is 30.9 Å². The molecule has 16 heavy (non-hydrogen) atoms. The molecule has 1 aromatic rings. The number of rotatable bonds is 5. The topological polar surface area (TPSA) is 58.6 Å². The number of hydrogen-bond acceptors (Lipinski definition) is 3. The molecule has 0 saturated carbocycles. The first kappa shape index (κ1) is 12.1. The molecule has 2 N–H and O–H groups in total. The van der Waals surface area contributed by atoms with Gasteiger partial charge in [0.1, 0.15) is 11.5 Å². The summed E-state index contributed by atoms with van der Waals surface area (Å²) in [6.45, 7) is 4.06. The molecule has 4 nitrogen and oxygen atoms in total. The van der Waals surface area contributed by atoms with Gasteiger partial charge in [0, 0.05) is 12.6 Å². The number of carbonyl (C=O) groups is 1. The zero-order valence-corrected chi connectivity index (χ0v) is 9.19. The normalized spacial score (nSPS) is 9.56. The number of ether oxygens (including phenoxy) is 1. The fraction of sp³-hybridized carbons (Fsp3) is 0.250. The first-order chi connectivity index (χ1) is 7.69. The molecule has 0 aliphatic rings. The number of carbonyl (C=O) groups excluding carboxylic acids is 1. The molecule has 0 spiro atoms. The zero-order chi connectivity index (χ0) is 12.0. The minimum Gasteiger partial charge on any atom is -0.507 e. The monoisotopic (exact) mass is 221 g/mol. The van der Waals surface area contributed by atoms with E-state index < -0.39 is 0 Å². The van der Waals surface area contributed by atoms with Crippen molar-refractivity contribution >= 4 is 5.91 Å². The number of hydrogen-bond donors (Lipinski definition) is 2. The second-order valence-corrected chi connectivity index (χ2v) is 3.22. The second-order valence-electron chi connectivity index (χ2n) is 3.22. The lowest BCUT2D eigenvalue weighted by Crippen LogP contribution is -2.24. The number of methoxy groups -OCH3 is 1. The average molecular weight is 221 g/mol. The van der Waals surface area contributed by atoms with Gasteiger partial charge in [-0.15, -0.1) is 6.58 Å². The molecule has 0 bridgehead atoms. The van der Waals surface area contributed by atoms with Gasteiger partial charge in [0.2, 0.25) is 0 Å². The van der Waals surface area contributed by atoms with E-state index in [0.29, 0.717) is 18.7 Å². The SMILES string of the molecule is C=CCCNC(=O)c1ccc(OC)cc1O. The smallest absolute Gasteiger partial charge is 0.255 e. The molecule has 4 heteroatoms. The fourth-order valence-corrected chi connectivity index (χ4v) is 1.21. The zero-order valence-electron chi connectivity index (χ0n) is 9.19. The van der Waals surface area contributed by atoms with Crippen molar-refractivity contribution in [3.8, 4) is 11.5 Å². The standard InChI is InChI=1S/C12H15NO3/c1-3-4-7-13-12(15)10-6-5-9(16-2)8-11(10)14/h3,5-6,8,14H,1,4,7H2,2H3,(H,13,15). The van der Waals surface area contributed by atoms with Gasteiger partial charge in [-0.05, 0) is 18.6 Å². The van der Waals surface area contributed by atoms with Crippen LogP contribution in [0.4, 0.5) is 0 Å². The molecule has 0 aromatic heterocycles. The number of aromatic hydroxyl groups is 1. The summed E-state index contributed by atoms with van der Waals surface area (Å²) in [4.78, 5) is 11.6. The molecule has 0 saturated heterocycles. The third kappa shape index (κ3) is 3.02. The minimum atomic E-state index is -0.304. The van der Waals surface area contributed by atoms with Crippen LogP contribution in [-0.4, -0.2) is 24.7 Å². The second kappa shape index (κ2) is 5.80. The van der Waals surface area contributed by atoms with Crippen LogP contribution in [0.3, 0.4) is 0 Å². The summed E-state index contributed by atoms with van der Waals surface area (Å²) in [7, 11) is 1.50. The third-order valence-corrected chi connectivity index (χ3v) is 2.08. The van der Waals surface area contributed by atoms with Crippen LogP contribution in [0, 0.1) is 0 Å². The lowest BCUT2D eigenvalue weighted by molar-refractivity contribution is 0.0951. The Kier molecular flexibility index (Phi) is 4.39. The van der Waals surface area contributed by atoms with Crippen LogP contribution in [-0.2, 0) is 0 Å². The molecule has 0 aliphatic heterocycles. The van der Waals surface area contributed by atoms with Crippen molar-refractivity contribution < 1.29 is 14.6 Å². The van der Waals surface area contributed by atoms with Crippen molar-refractivity contribution in [2.45, 2.75) is 6.42 Å². The average Bonchev–Trinajstić information content (AvgIpc) is 2.29. The molecule has 0 heterocycles. The molecule has 86 valence electrons. The van der Waals surface area contributed by atoms with E-state index in [1.54, 1.807) is 12.1 Å². The Labute approximate surface area is 94.6 Å². The van der Waals surface area contributed by atoms with Gasteiger partial charge in [-0.25, -0.2) is 0 Å². The minimum absolute atomic E-state index is 0.0875. The maximum absolute atomic E-state index is 11.6. The summed E-state index contributed by atoms with van der Waals surface area (Å²) < 4.78 is 4.92. The van der Waals surface area contributed by atoms with E-state index in [2.05, 4.69) is 11.9 Å². The Bertz CT molecular complexity index is 388. The van der Waals surface area contributed by atoms with Gasteiger partial charge in [-0.1, -0.05) is 6.08 Å². The van der Waals surface area contributed by atoms with E-state index in [9.17, 15) is 9.90 Å². The Morgan fingerprint density at radius 1 is 1.62 bits per heavy atom. The molecule has 1 amide bonds. The molecule has 0 aliphatic carbocycles. The number of amides is 1. The lowest BCUT2D eigenvalue weighted by atomic mass is 10.2. The van der Waals surface area contributed by atoms with Crippen LogP contribution in [0.5, 0.6) is 11.5 Å². The first-order valence-corrected chi connectivity index (χ1v) is 4.95. The fourth-order valence-electron chi connectivity index (χ4n) is 1.21. The van der Waals surface area contributed by atoms with Crippen molar-refractivity contribution in [2.24, 2.45) is 0 Å². The highest BCUT2D eigenvalue weighted by Gasteiger charge is 2.10. The quantitative estimate of drug-likeness (QED) is 0.587. The van der Waals surface area contributed by atoms with E-state index in [0.717, 1.165) is 0 Å². The van der Waals surface area contributed by atoms with E-state index in [1.165, 1.54) is 19.2 Å². The van der Waals surface area contributed by atoms with Crippen LogP contribution < -0.4 is 10.1 Å². The van der Waals surface area contributed by atoms with Crippen LogP contribution >= 0.6 is 0 Å². The molecule has 0 atom stereocenters. The molecular weight excluding hydrogens is 206 g/mol. The summed E-state index contributed by atoms with van der Waals surface area (Å²) in [5.41, 5.74) is 0.241. The predicted octanol–water partition coefficient (Wildman–Crippen LogP) is 1.71. The number of benzene rings is 1. The van der Waals surface area contributed by atoms with Crippen molar-refractivity contribution in [3.63, 3.8) is 0 Å². The van der Waals surface area contributed by atoms with E-state index >= 15 is 0 Å². The van der Waals surface area contributed by atoms with Gasteiger partial charge in [-0.2, -0.15) is 0 Å². The van der Waals surface area contributed by atoms with Gasteiger partial charge in [-0.3, -0.25) is 4.79 Å². The highest BCUT2D eigenvalue weighted by molar-refractivity contribution is 5.96. The Morgan fingerprint density at radius 2 is 2.38 bits per heavy atom. The summed E-state index contributed by atoms with van der Waals surface area (Å²) in [6, 6.07) is 4.56. The van der Waals surface area contributed by atoms with Crippen molar-refractivity contribution in [3.05, 3.63) is 36.4 Å². The van der Waals surface area contributed by atoms with Crippen LogP contribution in [0.25, 0.3) is 0 Å². The Hall–Kier alpha value is -1.97. The maximum atomic E-state index is 11.6. The van der Waals surface area contributed by atoms with Crippen molar-refractivity contribution in [1.29, 1.82) is 0 Å². The Morgan fingerprint density at radius 3 is 2.94 bits per heavy atom.